The summed E-state index contributed by atoms with van der Waals surface area (Å²) in [5.74, 6) is -0.172. The van der Waals surface area contributed by atoms with Gasteiger partial charge in [0.05, 0.1) is 0 Å². The van der Waals surface area contributed by atoms with Crippen molar-refractivity contribution in [1.29, 1.82) is 0 Å². The molecule has 0 fully saturated rings. The smallest absolute Gasteiger partial charge is 0.123 e. The van der Waals surface area contributed by atoms with E-state index in [-0.39, 0.29) is 5.82 Å². The molecule has 2 heteroatoms. The van der Waals surface area contributed by atoms with Gasteiger partial charge in [0.25, 0.3) is 0 Å². The lowest BCUT2D eigenvalue weighted by molar-refractivity contribution is 0.485. The third-order valence-corrected chi connectivity index (χ3v) is 2.86. The summed E-state index contributed by atoms with van der Waals surface area (Å²) in [6.45, 7) is 6.83. The fourth-order valence-corrected chi connectivity index (χ4v) is 1.85. The van der Waals surface area contributed by atoms with E-state index in [1.54, 1.807) is 0 Å². The Labute approximate surface area is 104 Å². The fourth-order valence-electron chi connectivity index (χ4n) is 1.85. The van der Waals surface area contributed by atoms with Crippen molar-refractivity contribution in [2.75, 3.05) is 6.54 Å². The molecule has 0 aliphatic carbocycles. The summed E-state index contributed by atoms with van der Waals surface area (Å²) in [7, 11) is 0. The molecule has 0 aromatic heterocycles. The molecule has 0 aliphatic rings. The second kappa shape index (κ2) is 8.02. The Morgan fingerprint density at radius 3 is 2.65 bits per heavy atom. The van der Waals surface area contributed by atoms with Gasteiger partial charge in [-0.15, -0.1) is 6.58 Å². The summed E-state index contributed by atoms with van der Waals surface area (Å²) in [6.07, 6.45) is 6.33. The Balaban J connectivity index is 2.60. The molecule has 1 unspecified atom stereocenters. The third-order valence-electron chi connectivity index (χ3n) is 2.86. The first-order chi connectivity index (χ1) is 8.27. The minimum atomic E-state index is -0.172. The Bertz CT molecular complexity index is 318. The number of rotatable bonds is 8. The van der Waals surface area contributed by atoms with E-state index in [0.717, 1.165) is 19.4 Å². The molecule has 0 radical (unpaired) electrons. The molecule has 1 N–H and O–H groups in total. The van der Waals surface area contributed by atoms with Gasteiger partial charge in [-0.2, -0.15) is 0 Å². The molecule has 0 amide bonds. The second-order valence-corrected chi connectivity index (χ2v) is 4.28. The monoisotopic (exact) mass is 235 g/mol. The van der Waals surface area contributed by atoms with Gasteiger partial charge in [-0.05, 0) is 37.1 Å². The minimum absolute atomic E-state index is 0.172. The van der Waals surface area contributed by atoms with Crippen LogP contribution in [0.5, 0.6) is 0 Å². The summed E-state index contributed by atoms with van der Waals surface area (Å²) in [5.41, 5.74) is 1.17. The van der Waals surface area contributed by atoms with Gasteiger partial charge in [0.2, 0.25) is 0 Å². The van der Waals surface area contributed by atoms with Crippen molar-refractivity contribution in [3.63, 3.8) is 0 Å². The van der Waals surface area contributed by atoms with Crippen molar-refractivity contribution in [2.45, 2.75) is 38.6 Å². The summed E-state index contributed by atoms with van der Waals surface area (Å²) < 4.78 is 12.9. The Hall–Kier alpha value is -1.15. The Kier molecular flexibility index (Phi) is 6.56. The molecule has 0 saturated carbocycles. The third kappa shape index (κ3) is 5.14. The van der Waals surface area contributed by atoms with Crippen LogP contribution >= 0.6 is 0 Å². The Morgan fingerprint density at radius 2 is 2.06 bits per heavy atom. The molecule has 0 spiro atoms. The molecule has 94 valence electrons. The highest BCUT2D eigenvalue weighted by Gasteiger charge is 2.09. The lowest BCUT2D eigenvalue weighted by Crippen LogP contribution is -2.22. The first kappa shape index (κ1) is 13.9. The maximum absolute atomic E-state index is 12.9. The van der Waals surface area contributed by atoms with Gasteiger partial charge in [-0.25, -0.2) is 4.39 Å². The zero-order valence-corrected chi connectivity index (χ0v) is 10.6. The van der Waals surface area contributed by atoms with E-state index in [1.807, 2.05) is 18.2 Å². The van der Waals surface area contributed by atoms with Crippen LogP contribution in [-0.2, 0) is 0 Å². The second-order valence-electron chi connectivity index (χ2n) is 4.28. The number of nitrogens with one attached hydrogen (secondary N) is 1. The van der Waals surface area contributed by atoms with E-state index in [1.165, 1.54) is 30.5 Å². The van der Waals surface area contributed by atoms with E-state index in [9.17, 15) is 4.39 Å². The molecule has 0 saturated heterocycles. The predicted molar refractivity (Wildman–Crippen MR) is 71.5 cm³/mol. The number of hydrogen-bond donors (Lipinski definition) is 1. The van der Waals surface area contributed by atoms with Crippen LogP contribution in [0.4, 0.5) is 4.39 Å². The number of halogens is 1. The summed E-state index contributed by atoms with van der Waals surface area (Å²) in [5, 5.41) is 3.50. The average molecular weight is 235 g/mol. The average Bonchev–Trinajstić information content (AvgIpc) is 2.35. The number of hydrogen-bond acceptors (Lipinski definition) is 1. The maximum Gasteiger partial charge on any atom is 0.123 e. The van der Waals surface area contributed by atoms with Crippen molar-refractivity contribution < 1.29 is 4.39 Å². The number of benzene rings is 1. The van der Waals surface area contributed by atoms with Crippen LogP contribution in [0.2, 0.25) is 0 Å². The van der Waals surface area contributed by atoms with Gasteiger partial charge in [0.1, 0.15) is 5.82 Å². The van der Waals surface area contributed by atoms with Crippen molar-refractivity contribution in [3.05, 3.63) is 48.3 Å². The van der Waals surface area contributed by atoms with Crippen molar-refractivity contribution >= 4 is 0 Å². The quantitative estimate of drug-likeness (QED) is 0.525. The van der Waals surface area contributed by atoms with Crippen LogP contribution in [0, 0.1) is 5.82 Å². The zero-order chi connectivity index (χ0) is 12.5. The molecule has 0 aliphatic heterocycles. The molecule has 0 bridgehead atoms. The highest BCUT2D eigenvalue weighted by Crippen LogP contribution is 2.19. The highest BCUT2D eigenvalue weighted by atomic mass is 19.1. The van der Waals surface area contributed by atoms with Crippen LogP contribution in [-0.4, -0.2) is 6.54 Å². The summed E-state index contributed by atoms with van der Waals surface area (Å²) in [6, 6.07) is 7.13. The fraction of sp³-hybridized carbons (Fsp3) is 0.467. The van der Waals surface area contributed by atoms with Crippen LogP contribution in [0.15, 0.2) is 36.9 Å². The molecular formula is C15H22FN. The van der Waals surface area contributed by atoms with Gasteiger partial charge in [-0.3, -0.25) is 0 Å². The zero-order valence-electron chi connectivity index (χ0n) is 10.6. The van der Waals surface area contributed by atoms with Gasteiger partial charge in [-0.1, -0.05) is 38.0 Å². The maximum atomic E-state index is 12.9. The standard InChI is InChI=1S/C15H22FN/c1-3-5-7-15(17-12-6-4-2)13-8-10-14(16)11-9-13/h4,8-11,15,17H,2-3,5-7,12H2,1H3. The van der Waals surface area contributed by atoms with E-state index in [0.29, 0.717) is 6.04 Å². The van der Waals surface area contributed by atoms with E-state index in [2.05, 4.69) is 18.8 Å². The lowest BCUT2D eigenvalue weighted by Gasteiger charge is -2.18. The van der Waals surface area contributed by atoms with E-state index < -0.39 is 0 Å². The van der Waals surface area contributed by atoms with Crippen LogP contribution < -0.4 is 5.32 Å². The molecular weight excluding hydrogens is 213 g/mol. The van der Waals surface area contributed by atoms with Gasteiger partial charge >= 0.3 is 0 Å². The van der Waals surface area contributed by atoms with Crippen molar-refractivity contribution in [1.82, 2.24) is 5.32 Å². The first-order valence-corrected chi connectivity index (χ1v) is 6.37. The van der Waals surface area contributed by atoms with Crippen LogP contribution in [0.3, 0.4) is 0 Å². The minimum Gasteiger partial charge on any atom is -0.310 e. The summed E-state index contributed by atoms with van der Waals surface area (Å²) in [4.78, 5) is 0. The summed E-state index contributed by atoms with van der Waals surface area (Å²) >= 11 is 0. The largest absolute Gasteiger partial charge is 0.310 e. The van der Waals surface area contributed by atoms with Gasteiger partial charge < -0.3 is 5.32 Å². The molecule has 0 heterocycles. The van der Waals surface area contributed by atoms with Crippen LogP contribution in [0.25, 0.3) is 0 Å². The number of unbranched alkanes of at least 4 members (excludes halogenated alkanes) is 1. The molecule has 1 aromatic rings. The lowest BCUT2D eigenvalue weighted by atomic mass is 10.0. The molecule has 1 atom stereocenters. The normalized spacial score (nSPS) is 12.4. The molecule has 1 rings (SSSR count). The van der Waals surface area contributed by atoms with Crippen LogP contribution in [0.1, 0.15) is 44.2 Å². The topological polar surface area (TPSA) is 12.0 Å². The Morgan fingerprint density at radius 1 is 1.35 bits per heavy atom. The molecule has 17 heavy (non-hydrogen) atoms. The predicted octanol–water partition coefficient (Wildman–Crippen LogP) is 4.22. The highest BCUT2D eigenvalue weighted by molar-refractivity contribution is 5.19. The molecule has 1 aromatic carbocycles. The van der Waals surface area contributed by atoms with Gasteiger partial charge in [0, 0.05) is 6.04 Å². The molecule has 1 nitrogen and oxygen atoms in total. The van der Waals surface area contributed by atoms with Crippen molar-refractivity contribution in [2.24, 2.45) is 0 Å². The van der Waals surface area contributed by atoms with Gasteiger partial charge in [0.15, 0.2) is 0 Å². The van der Waals surface area contributed by atoms with E-state index >= 15 is 0 Å². The van der Waals surface area contributed by atoms with Crippen molar-refractivity contribution in [3.8, 4) is 0 Å². The SMILES string of the molecule is C=CCCNC(CCCC)c1ccc(F)cc1. The first-order valence-electron chi connectivity index (χ1n) is 6.37. The van der Waals surface area contributed by atoms with E-state index in [4.69, 9.17) is 0 Å².